The Morgan fingerprint density at radius 3 is 1.73 bits per heavy atom. The van der Waals surface area contributed by atoms with Gasteiger partial charge in [0.15, 0.2) is 18.9 Å². The topological polar surface area (TPSA) is 318 Å². The lowest BCUT2D eigenvalue weighted by atomic mass is 9.34. The molecule has 0 aromatic heterocycles. The van der Waals surface area contributed by atoms with Crippen LogP contribution in [0.25, 0.3) is 0 Å². The number of fused-ring (bicyclic) bond motifs is 5. The van der Waals surface area contributed by atoms with E-state index >= 15 is 0 Å². The standard InChI is InChI=1S/C48H82O19/c1-21(2)10-9-13-48(8,67-42-38(61)35(58)32(55)26(19-50)63-42)22-11-15-46(6)30(22)23(52)16-28-45(5)14-12-29(44(3,4)40(45)24(53)17-47(28,46)7)65-43-39(36(59)33(56)27(20-51)64-43)66-41-37(60)34(57)31(54)25(18-49)62-41/h10,22-43,49-61H,9,11-20H2,1-8H3/t22-,23+,24-,25+,26+,27+,28+,29-,30-,31+,32+,33+,34-,35-,36-,37+,38+,39+,40-,41-,42-,43-,45+,46+,47+,48-/m0/s1. The SMILES string of the molecule is CC(C)=CCC[C@](C)(O[C@@H]1O[C@H](CO)[C@@H](O)[C@H](O)[C@H]1O)[C@H]1CC[C@]2(C)[C@@H]1[C@H](O)C[C@@H]1[C@@]3(C)CC[C@H](O[C@@H]4O[C@H](CO)[C@@H](O)[C@H](O)[C@H]4O[C@@H]4O[C@H](CO)[C@@H](O)[C@H](O)[C@H]4O)C(C)(C)[C@@H]3[C@@H](O)C[C@]12C. The van der Waals surface area contributed by atoms with Gasteiger partial charge in [-0.3, -0.25) is 0 Å². The lowest BCUT2D eigenvalue weighted by Gasteiger charge is -2.71. The third kappa shape index (κ3) is 9.03. The van der Waals surface area contributed by atoms with E-state index in [1.807, 2.05) is 34.6 Å². The molecule has 3 aliphatic heterocycles. The van der Waals surface area contributed by atoms with Crippen molar-refractivity contribution in [3.8, 4) is 0 Å². The summed E-state index contributed by atoms with van der Waals surface area (Å²) >= 11 is 0. The molecule has 4 aliphatic carbocycles. The van der Waals surface area contributed by atoms with Crippen molar-refractivity contribution in [3.05, 3.63) is 11.6 Å². The summed E-state index contributed by atoms with van der Waals surface area (Å²) in [5, 5.41) is 142. The molecule has 0 spiro atoms. The Morgan fingerprint density at radius 1 is 0.627 bits per heavy atom. The number of hydrogen-bond acceptors (Lipinski definition) is 19. The number of aliphatic hydroxyl groups excluding tert-OH is 13. The number of aliphatic hydroxyl groups is 13. The van der Waals surface area contributed by atoms with Gasteiger partial charge in [0.1, 0.15) is 73.2 Å². The van der Waals surface area contributed by atoms with Crippen LogP contribution in [0.2, 0.25) is 0 Å². The minimum atomic E-state index is -1.83. The monoisotopic (exact) mass is 963 g/mol. The summed E-state index contributed by atoms with van der Waals surface area (Å²) in [5.74, 6) is -1.02. The van der Waals surface area contributed by atoms with Crippen molar-refractivity contribution in [1.82, 2.24) is 0 Å². The highest BCUT2D eigenvalue weighted by Gasteiger charge is 2.74. The van der Waals surface area contributed by atoms with Crippen LogP contribution in [0.15, 0.2) is 11.6 Å². The normalized spacial score (nSPS) is 52.9. The quantitative estimate of drug-likeness (QED) is 0.0773. The highest BCUT2D eigenvalue weighted by Crippen LogP contribution is 2.76. The third-order valence-corrected chi connectivity index (χ3v) is 18.7. The van der Waals surface area contributed by atoms with Crippen molar-refractivity contribution < 1.29 is 94.8 Å². The highest BCUT2D eigenvalue weighted by atomic mass is 16.8. The van der Waals surface area contributed by atoms with E-state index in [-0.39, 0.29) is 23.7 Å². The fourth-order valence-corrected chi connectivity index (χ4v) is 15.1. The van der Waals surface area contributed by atoms with Crippen LogP contribution in [-0.2, 0) is 28.4 Å². The van der Waals surface area contributed by atoms with Crippen molar-refractivity contribution >= 4 is 0 Å². The molecule has 0 amide bonds. The van der Waals surface area contributed by atoms with E-state index in [4.69, 9.17) is 28.4 Å². The van der Waals surface area contributed by atoms with E-state index in [0.717, 1.165) is 5.57 Å². The Kier molecular flexibility index (Phi) is 15.9. The average Bonchev–Trinajstić information content (AvgIpc) is 3.65. The first-order valence-corrected chi connectivity index (χ1v) is 24.5. The maximum Gasteiger partial charge on any atom is 0.187 e. The predicted molar refractivity (Wildman–Crippen MR) is 235 cm³/mol. The number of allylic oxidation sites excluding steroid dienone is 2. The van der Waals surface area contributed by atoms with E-state index in [9.17, 15) is 66.4 Å². The van der Waals surface area contributed by atoms with Crippen LogP contribution in [0.5, 0.6) is 0 Å². The molecule has 3 saturated heterocycles. The first-order valence-electron chi connectivity index (χ1n) is 24.5. The maximum absolute atomic E-state index is 12.7. The van der Waals surface area contributed by atoms with Crippen LogP contribution in [0.3, 0.4) is 0 Å². The van der Waals surface area contributed by atoms with Crippen molar-refractivity contribution in [2.45, 2.75) is 223 Å². The molecule has 7 rings (SSSR count). The summed E-state index contributed by atoms with van der Waals surface area (Å²) in [5.41, 5.74) is -2.23. The second-order valence-electron chi connectivity index (χ2n) is 23.1. The summed E-state index contributed by atoms with van der Waals surface area (Å²) < 4.78 is 37.0. The molecule has 0 bridgehead atoms. The zero-order valence-corrected chi connectivity index (χ0v) is 40.3. The summed E-state index contributed by atoms with van der Waals surface area (Å²) in [6, 6.07) is 0. The average molecular weight is 963 g/mol. The Labute approximate surface area is 393 Å². The van der Waals surface area contributed by atoms with E-state index in [1.54, 1.807) is 0 Å². The van der Waals surface area contributed by atoms with Crippen molar-refractivity contribution in [2.24, 2.45) is 45.3 Å². The first-order chi connectivity index (χ1) is 31.3. The Hall–Kier alpha value is -1.02. The van der Waals surface area contributed by atoms with Gasteiger partial charge in [0.05, 0.1) is 43.7 Å². The smallest absolute Gasteiger partial charge is 0.187 e. The van der Waals surface area contributed by atoms with Crippen LogP contribution in [0.1, 0.15) is 107 Å². The molecule has 13 N–H and O–H groups in total. The van der Waals surface area contributed by atoms with E-state index in [2.05, 4.69) is 26.8 Å². The van der Waals surface area contributed by atoms with Gasteiger partial charge >= 0.3 is 0 Å². The molecule has 0 unspecified atom stereocenters. The summed E-state index contributed by atoms with van der Waals surface area (Å²) in [6.45, 7) is 14.6. The molecule has 4 saturated carbocycles. The molecular formula is C48H82O19. The first kappa shape index (κ1) is 53.8. The number of rotatable bonds is 13. The van der Waals surface area contributed by atoms with Gasteiger partial charge in [0.2, 0.25) is 0 Å². The van der Waals surface area contributed by atoms with Gasteiger partial charge in [-0.1, -0.05) is 46.3 Å². The third-order valence-electron chi connectivity index (χ3n) is 18.7. The summed E-state index contributed by atoms with van der Waals surface area (Å²) in [6.07, 6.45) is -19.2. The van der Waals surface area contributed by atoms with E-state index in [1.165, 1.54) is 0 Å². The lowest BCUT2D eigenvalue weighted by Crippen LogP contribution is -2.70. The zero-order chi connectivity index (χ0) is 49.5. The fourth-order valence-electron chi connectivity index (χ4n) is 15.1. The zero-order valence-electron chi connectivity index (χ0n) is 40.3. The van der Waals surface area contributed by atoms with Crippen LogP contribution in [0.4, 0.5) is 0 Å². The van der Waals surface area contributed by atoms with Gasteiger partial charge < -0.3 is 94.8 Å². The largest absolute Gasteiger partial charge is 0.394 e. The summed E-state index contributed by atoms with van der Waals surface area (Å²) in [7, 11) is 0. The van der Waals surface area contributed by atoms with Crippen LogP contribution in [0, 0.1) is 45.3 Å². The van der Waals surface area contributed by atoms with Crippen LogP contribution in [-0.4, -0.2) is 202 Å². The molecule has 7 fully saturated rings. The lowest BCUT2D eigenvalue weighted by molar-refractivity contribution is -0.380. The Balaban J connectivity index is 1.15. The van der Waals surface area contributed by atoms with Crippen molar-refractivity contribution in [1.29, 1.82) is 0 Å². The second kappa shape index (κ2) is 19.8. The predicted octanol–water partition coefficient (Wildman–Crippen LogP) is -1.06. The number of hydrogen-bond donors (Lipinski definition) is 13. The molecule has 0 radical (unpaired) electrons. The molecule has 388 valence electrons. The molecule has 0 aromatic carbocycles. The van der Waals surface area contributed by atoms with Crippen LogP contribution >= 0.6 is 0 Å². The molecule has 19 nitrogen and oxygen atoms in total. The van der Waals surface area contributed by atoms with Crippen molar-refractivity contribution in [2.75, 3.05) is 19.8 Å². The Bertz CT molecular complexity index is 1710. The van der Waals surface area contributed by atoms with Crippen LogP contribution < -0.4 is 0 Å². The molecule has 0 aromatic rings. The van der Waals surface area contributed by atoms with Gasteiger partial charge in [0.25, 0.3) is 0 Å². The number of ether oxygens (including phenoxy) is 6. The fraction of sp³-hybridized carbons (Fsp3) is 0.958. The molecule has 3 heterocycles. The molecular weight excluding hydrogens is 881 g/mol. The Morgan fingerprint density at radius 2 is 1.16 bits per heavy atom. The maximum atomic E-state index is 12.7. The van der Waals surface area contributed by atoms with Gasteiger partial charge in [-0.2, -0.15) is 0 Å². The molecule has 7 aliphatic rings. The minimum Gasteiger partial charge on any atom is -0.394 e. The van der Waals surface area contributed by atoms with Gasteiger partial charge in [0, 0.05) is 0 Å². The highest BCUT2D eigenvalue weighted by molar-refractivity contribution is 5.22. The van der Waals surface area contributed by atoms with Gasteiger partial charge in [-0.15, -0.1) is 0 Å². The molecule has 19 heteroatoms. The van der Waals surface area contributed by atoms with Gasteiger partial charge in [-0.25, -0.2) is 0 Å². The van der Waals surface area contributed by atoms with E-state index in [0.29, 0.717) is 51.4 Å². The van der Waals surface area contributed by atoms with Crippen molar-refractivity contribution in [3.63, 3.8) is 0 Å². The van der Waals surface area contributed by atoms with E-state index < -0.39 is 158 Å². The van der Waals surface area contributed by atoms with Gasteiger partial charge in [-0.05, 0) is 117 Å². The summed E-state index contributed by atoms with van der Waals surface area (Å²) in [4.78, 5) is 0. The second-order valence-corrected chi connectivity index (χ2v) is 23.1. The molecule has 67 heavy (non-hydrogen) atoms. The minimum absolute atomic E-state index is 0.0733. The molecule has 26 atom stereocenters.